The number of hydrogen-bond acceptors (Lipinski definition) is 3. The number of rotatable bonds is 2. The first-order chi connectivity index (χ1) is 8.29. The summed E-state index contributed by atoms with van der Waals surface area (Å²) in [7, 11) is 0. The van der Waals surface area contributed by atoms with Crippen molar-refractivity contribution in [2.24, 2.45) is 5.73 Å². The average molecular weight is 309 g/mol. The van der Waals surface area contributed by atoms with Crippen LogP contribution < -0.4 is 5.73 Å². The first-order valence-corrected chi connectivity index (χ1v) is 6.57. The van der Waals surface area contributed by atoms with Gasteiger partial charge in [-0.25, -0.2) is 4.68 Å². The summed E-state index contributed by atoms with van der Waals surface area (Å²) in [5.74, 6) is 0. The Bertz CT molecular complexity index is 558. The predicted octanol–water partition coefficient (Wildman–Crippen LogP) is 2.84. The molecule has 0 amide bonds. The second kappa shape index (κ2) is 4.48. The SMILES string of the molecule is Cc1cc(-n2cc(C(C)(C)N)nn2)cc(C)c1Br. The molecule has 0 saturated heterocycles. The highest BCUT2D eigenvalue weighted by Gasteiger charge is 2.18. The Morgan fingerprint density at radius 3 is 2.22 bits per heavy atom. The molecule has 96 valence electrons. The van der Waals surface area contributed by atoms with Crippen molar-refractivity contribution in [2.45, 2.75) is 33.2 Å². The van der Waals surface area contributed by atoms with Gasteiger partial charge in [0.15, 0.2) is 0 Å². The Labute approximate surface area is 115 Å². The normalized spacial score (nSPS) is 11.9. The van der Waals surface area contributed by atoms with Gasteiger partial charge in [0, 0.05) is 4.47 Å². The minimum Gasteiger partial charge on any atom is -0.320 e. The second-order valence-corrected chi connectivity index (χ2v) is 5.96. The van der Waals surface area contributed by atoms with Gasteiger partial charge in [-0.3, -0.25) is 0 Å². The fourth-order valence-electron chi connectivity index (χ4n) is 1.74. The number of nitrogens with two attached hydrogens (primary N) is 1. The molecule has 5 heteroatoms. The van der Waals surface area contributed by atoms with Crippen molar-refractivity contribution in [1.82, 2.24) is 15.0 Å². The van der Waals surface area contributed by atoms with E-state index in [4.69, 9.17) is 5.73 Å². The van der Waals surface area contributed by atoms with E-state index in [2.05, 4.69) is 52.2 Å². The topological polar surface area (TPSA) is 56.7 Å². The van der Waals surface area contributed by atoms with E-state index in [-0.39, 0.29) is 0 Å². The smallest absolute Gasteiger partial charge is 0.102 e. The Morgan fingerprint density at radius 1 is 1.22 bits per heavy atom. The van der Waals surface area contributed by atoms with Gasteiger partial charge in [-0.2, -0.15) is 0 Å². The van der Waals surface area contributed by atoms with Crippen LogP contribution in [0.4, 0.5) is 0 Å². The lowest BCUT2D eigenvalue weighted by molar-refractivity contribution is 0.533. The number of benzene rings is 1. The zero-order valence-corrected chi connectivity index (χ0v) is 12.6. The molecule has 0 aliphatic carbocycles. The maximum atomic E-state index is 6.01. The van der Waals surface area contributed by atoms with Gasteiger partial charge in [0.2, 0.25) is 0 Å². The van der Waals surface area contributed by atoms with Crippen LogP contribution in [0, 0.1) is 13.8 Å². The molecule has 2 rings (SSSR count). The summed E-state index contributed by atoms with van der Waals surface area (Å²) in [5.41, 5.74) is 9.66. The lowest BCUT2D eigenvalue weighted by Crippen LogP contribution is -2.29. The molecule has 1 heterocycles. The lowest BCUT2D eigenvalue weighted by Gasteiger charge is -2.13. The van der Waals surface area contributed by atoms with E-state index in [1.54, 1.807) is 4.68 Å². The molecular formula is C13H17BrN4. The lowest BCUT2D eigenvalue weighted by atomic mass is 10.0. The highest BCUT2D eigenvalue weighted by atomic mass is 79.9. The summed E-state index contributed by atoms with van der Waals surface area (Å²) in [5, 5.41) is 8.26. The fourth-order valence-corrected chi connectivity index (χ4v) is 1.97. The van der Waals surface area contributed by atoms with Gasteiger partial charge >= 0.3 is 0 Å². The third-order valence-electron chi connectivity index (χ3n) is 2.84. The van der Waals surface area contributed by atoms with Crippen LogP contribution in [-0.4, -0.2) is 15.0 Å². The number of aromatic nitrogens is 3. The third kappa shape index (κ3) is 2.47. The van der Waals surface area contributed by atoms with E-state index < -0.39 is 5.54 Å². The maximum absolute atomic E-state index is 6.01. The Morgan fingerprint density at radius 2 is 1.78 bits per heavy atom. The molecule has 0 saturated carbocycles. The molecule has 2 N–H and O–H groups in total. The number of nitrogens with zero attached hydrogens (tertiary/aromatic N) is 3. The summed E-state index contributed by atoms with van der Waals surface area (Å²) in [6.45, 7) is 7.95. The Kier molecular flexibility index (Phi) is 3.29. The molecule has 0 aliphatic heterocycles. The summed E-state index contributed by atoms with van der Waals surface area (Å²) in [4.78, 5) is 0. The molecule has 0 radical (unpaired) electrons. The summed E-state index contributed by atoms with van der Waals surface area (Å²) in [6.07, 6.45) is 1.88. The van der Waals surface area contributed by atoms with Gasteiger partial charge < -0.3 is 5.73 Å². The highest BCUT2D eigenvalue weighted by molar-refractivity contribution is 9.10. The van der Waals surface area contributed by atoms with Crippen LogP contribution >= 0.6 is 15.9 Å². The summed E-state index contributed by atoms with van der Waals surface area (Å²) >= 11 is 3.56. The van der Waals surface area contributed by atoms with Crippen LogP contribution in [0.5, 0.6) is 0 Å². The zero-order valence-electron chi connectivity index (χ0n) is 11.0. The number of aryl methyl sites for hydroxylation is 2. The quantitative estimate of drug-likeness (QED) is 0.928. The van der Waals surface area contributed by atoms with Crippen LogP contribution in [-0.2, 0) is 5.54 Å². The minimum atomic E-state index is -0.475. The van der Waals surface area contributed by atoms with Crippen molar-refractivity contribution in [2.75, 3.05) is 0 Å². The van der Waals surface area contributed by atoms with Gasteiger partial charge in [-0.05, 0) is 51.0 Å². The van der Waals surface area contributed by atoms with E-state index >= 15 is 0 Å². The molecule has 0 atom stereocenters. The van der Waals surface area contributed by atoms with Crippen molar-refractivity contribution < 1.29 is 0 Å². The van der Waals surface area contributed by atoms with E-state index in [1.807, 2.05) is 20.0 Å². The maximum Gasteiger partial charge on any atom is 0.102 e. The van der Waals surface area contributed by atoms with Crippen molar-refractivity contribution in [1.29, 1.82) is 0 Å². The molecule has 0 bridgehead atoms. The fraction of sp³-hybridized carbons (Fsp3) is 0.385. The highest BCUT2D eigenvalue weighted by Crippen LogP contribution is 2.24. The van der Waals surface area contributed by atoms with Crippen molar-refractivity contribution in [3.05, 3.63) is 39.6 Å². The molecule has 18 heavy (non-hydrogen) atoms. The van der Waals surface area contributed by atoms with Crippen LogP contribution in [0.2, 0.25) is 0 Å². The zero-order chi connectivity index (χ0) is 13.5. The van der Waals surface area contributed by atoms with Gasteiger partial charge in [0.05, 0.1) is 17.4 Å². The van der Waals surface area contributed by atoms with Crippen molar-refractivity contribution >= 4 is 15.9 Å². The molecule has 0 fully saturated rings. The molecule has 0 aliphatic rings. The van der Waals surface area contributed by atoms with Crippen LogP contribution in [0.3, 0.4) is 0 Å². The summed E-state index contributed by atoms with van der Waals surface area (Å²) < 4.78 is 2.89. The molecule has 1 aromatic heterocycles. The van der Waals surface area contributed by atoms with Gasteiger partial charge in [0.25, 0.3) is 0 Å². The molecule has 2 aromatic rings. The van der Waals surface area contributed by atoms with Crippen LogP contribution in [0.25, 0.3) is 5.69 Å². The first kappa shape index (κ1) is 13.2. The van der Waals surface area contributed by atoms with Crippen molar-refractivity contribution in [3.63, 3.8) is 0 Å². The largest absolute Gasteiger partial charge is 0.320 e. The Balaban J connectivity index is 2.47. The minimum absolute atomic E-state index is 0.475. The first-order valence-electron chi connectivity index (χ1n) is 5.78. The predicted molar refractivity (Wildman–Crippen MR) is 75.7 cm³/mol. The molecular weight excluding hydrogens is 292 g/mol. The van der Waals surface area contributed by atoms with Crippen LogP contribution in [0.1, 0.15) is 30.7 Å². The molecule has 0 spiro atoms. The van der Waals surface area contributed by atoms with E-state index in [9.17, 15) is 0 Å². The molecule has 4 nitrogen and oxygen atoms in total. The number of hydrogen-bond donors (Lipinski definition) is 1. The second-order valence-electron chi connectivity index (χ2n) is 5.16. The Hall–Kier alpha value is -1.20. The van der Waals surface area contributed by atoms with Gasteiger partial charge in [-0.1, -0.05) is 21.1 Å². The van der Waals surface area contributed by atoms with Crippen LogP contribution in [0.15, 0.2) is 22.8 Å². The monoisotopic (exact) mass is 308 g/mol. The average Bonchev–Trinajstić information content (AvgIpc) is 2.73. The van der Waals surface area contributed by atoms with Gasteiger partial charge in [0.1, 0.15) is 5.69 Å². The van der Waals surface area contributed by atoms with Gasteiger partial charge in [-0.15, -0.1) is 5.10 Å². The summed E-state index contributed by atoms with van der Waals surface area (Å²) in [6, 6.07) is 4.14. The third-order valence-corrected chi connectivity index (χ3v) is 4.09. The molecule has 1 aromatic carbocycles. The standard InChI is InChI=1S/C13H17BrN4/c1-8-5-10(6-9(2)12(8)14)18-7-11(16-17-18)13(3,4)15/h5-7H,15H2,1-4H3. The van der Waals surface area contributed by atoms with E-state index in [0.29, 0.717) is 0 Å². The van der Waals surface area contributed by atoms with Crippen molar-refractivity contribution in [3.8, 4) is 5.69 Å². The number of halogens is 1. The molecule has 0 unspecified atom stereocenters. The van der Waals surface area contributed by atoms with E-state index in [0.717, 1.165) is 15.9 Å². The van der Waals surface area contributed by atoms with E-state index in [1.165, 1.54) is 11.1 Å².